The van der Waals surface area contributed by atoms with E-state index in [1.807, 2.05) is 31.2 Å². The summed E-state index contributed by atoms with van der Waals surface area (Å²) < 4.78 is 14.7. The number of nitrogen functional groups attached to an aromatic ring is 1. The number of hydrogen-bond donors (Lipinski definition) is 3. The molecule has 0 saturated heterocycles. The number of hydrogen-bond acceptors (Lipinski definition) is 7. The summed E-state index contributed by atoms with van der Waals surface area (Å²) in [5.41, 5.74) is 4.65. The van der Waals surface area contributed by atoms with Crippen LogP contribution in [0.5, 0.6) is 0 Å². The summed E-state index contributed by atoms with van der Waals surface area (Å²) >= 11 is 1.13. The van der Waals surface area contributed by atoms with Gasteiger partial charge in [0, 0.05) is 11.3 Å². The number of carbonyl (C=O) groups is 1. The van der Waals surface area contributed by atoms with E-state index in [0.717, 1.165) is 23.0 Å². The number of para-hydroxylation sites is 1. The lowest BCUT2D eigenvalue weighted by Gasteiger charge is -2.07. The fraction of sp³-hybridized carbons (Fsp3) is 0.111. The van der Waals surface area contributed by atoms with Crippen LogP contribution in [0.1, 0.15) is 11.1 Å². The van der Waals surface area contributed by atoms with Crippen molar-refractivity contribution in [3.63, 3.8) is 0 Å². The predicted molar refractivity (Wildman–Crippen MR) is 108 cm³/mol. The number of halogens is 1. The van der Waals surface area contributed by atoms with Crippen LogP contribution in [0, 0.1) is 12.7 Å². The summed E-state index contributed by atoms with van der Waals surface area (Å²) in [6, 6.07) is 13.7. The normalized spacial score (nSPS) is 10.9. The first-order chi connectivity index (χ1) is 13.5. The van der Waals surface area contributed by atoms with Crippen LogP contribution in [0.25, 0.3) is 0 Å². The largest absolute Gasteiger partial charge is 0.334 e. The number of amides is 1. The van der Waals surface area contributed by atoms with Gasteiger partial charge in [0.15, 0.2) is 0 Å². The highest BCUT2D eigenvalue weighted by atomic mass is 32.2. The molecule has 0 fully saturated rings. The van der Waals surface area contributed by atoms with Crippen molar-refractivity contribution in [1.29, 1.82) is 0 Å². The number of rotatable bonds is 7. The Morgan fingerprint density at radius 3 is 2.79 bits per heavy atom. The number of nitrogens with zero attached hydrogens (tertiary/aromatic N) is 4. The van der Waals surface area contributed by atoms with Gasteiger partial charge in [-0.2, -0.15) is 5.10 Å². The first-order valence-electron chi connectivity index (χ1n) is 8.27. The maximum absolute atomic E-state index is 13.5. The summed E-state index contributed by atoms with van der Waals surface area (Å²) in [6.07, 6.45) is 1.31. The number of nitrogens with two attached hydrogens (primary N) is 1. The summed E-state index contributed by atoms with van der Waals surface area (Å²) in [5.74, 6) is 5.60. The van der Waals surface area contributed by atoms with Crippen LogP contribution in [0.4, 0.5) is 16.0 Å². The number of benzene rings is 2. The topological polar surface area (TPSA) is 110 Å². The van der Waals surface area contributed by atoms with E-state index in [2.05, 4.69) is 26.0 Å². The van der Waals surface area contributed by atoms with Crippen molar-refractivity contribution in [3.05, 3.63) is 65.5 Å². The van der Waals surface area contributed by atoms with Gasteiger partial charge in [-0.15, -0.1) is 10.2 Å². The lowest BCUT2D eigenvalue weighted by Crippen LogP contribution is -2.17. The summed E-state index contributed by atoms with van der Waals surface area (Å²) in [6.45, 7) is 1.92. The number of hydrazone groups is 1. The van der Waals surface area contributed by atoms with Gasteiger partial charge < -0.3 is 11.2 Å². The minimum atomic E-state index is -0.391. The number of carbonyl (C=O) groups excluding carboxylic acids is 1. The number of anilines is 2. The van der Waals surface area contributed by atoms with Crippen molar-refractivity contribution < 1.29 is 9.18 Å². The molecule has 0 atom stereocenters. The van der Waals surface area contributed by atoms with Gasteiger partial charge in [0.05, 0.1) is 12.0 Å². The van der Waals surface area contributed by atoms with Gasteiger partial charge in [0.25, 0.3) is 5.95 Å². The van der Waals surface area contributed by atoms with E-state index < -0.39 is 5.82 Å². The lowest BCUT2D eigenvalue weighted by molar-refractivity contribution is -0.113. The van der Waals surface area contributed by atoms with E-state index in [0.29, 0.717) is 10.7 Å². The van der Waals surface area contributed by atoms with Crippen molar-refractivity contribution in [1.82, 2.24) is 14.9 Å². The van der Waals surface area contributed by atoms with Gasteiger partial charge in [-0.3, -0.25) is 4.79 Å². The molecule has 0 saturated carbocycles. The molecule has 1 aromatic heterocycles. The zero-order chi connectivity index (χ0) is 19.9. The highest BCUT2D eigenvalue weighted by Crippen LogP contribution is 2.18. The fourth-order valence-electron chi connectivity index (χ4n) is 2.22. The van der Waals surface area contributed by atoms with Gasteiger partial charge in [0.2, 0.25) is 11.1 Å². The van der Waals surface area contributed by atoms with Crippen LogP contribution in [0.2, 0.25) is 0 Å². The molecule has 28 heavy (non-hydrogen) atoms. The van der Waals surface area contributed by atoms with E-state index in [9.17, 15) is 9.18 Å². The molecule has 0 radical (unpaired) electrons. The van der Waals surface area contributed by atoms with Gasteiger partial charge in [-0.25, -0.2) is 14.5 Å². The van der Waals surface area contributed by atoms with Crippen LogP contribution >= 0.6 is 11.8 Å². The maximum atomic E-state index is 13.5. The smallest absolute Gasteiger partial charge is 0.264 e. The summed E-state index contributed by atoms with van der Waals surface area (Å²) in [7, 11) is 0. The molecule has 0 spiro atoms. The Labute approximate surface area is 165 Å². The molecule has 4 N–H and O–H groups in total. The Morgan fingerprint density at radius 1 is 1.25 bits per heavy atom. The third kappa shape index (κ3) is 4.86. The highest BCUT2D eigenvalue weighted by Gasteiger charge is 2.12. The van der Waals surface area contributed by atoms with E-state index in [1.165, 1.54) is 17.0 Å². The predicted octanol–water partition coefficient (Wildman–Crippen LogP) is 2.62. The number of thioether (sulfide) groups is 1. The van der Waals surface area contributed by atoms with Crippen molar-refractivity contribution in [2.75, 3.05) is 22.3 Å². The first-order valence-corrected chi connectivity index (χ1v) is 9.25. The highest BCUT2D eigenvalue weighted by molar-refractivity contribution is 7.99. The molecule has 8 nitrogen and oxygen atoms in total. The number of aryl methyl sites for hydroxylation is 1. The van der Waals surface area contributed by atoms with Gasteiger partial charge in [0.1, 0.15) is 5.82 Å². The van der Waals surface area contributed by atoms with Crippen LogP contribution in [0.15, 0.2) is 58.8 Å². The standard InChI is InChI=1S/C18H18FN7OS/c1-12-6-2-5-9-15(12)22-16(27)11-28-18-25-24-17(26(18)20)23-21-10-13-7-3-4-8-14(13)19/h2-10H,11,20H2,1H3,(H,22,27)(H,23,24)/b21-10+. The molecular weight excluding hydrogens is 381 g/mol. The molecule has 0 unspecified atom stereocenters. The zero-order valence-corrected chi connectivity index (χ0v) is 15.8. The molecule has 0 bridgehead atoms. The number of aromatic nitrogens is 3. The van der Waals surface area contributed by atoms with E-state index in [-0.39, 0.29) is 17.6 Å². The van der Waals surface area contributed by atoms with Crippen molar-refractivity contribution in [2.24, 2.45) is 5.10 Å². The molecule has 2 aromatic carbocycles. The molecule has 0 aliphatic rings. The SMILES string of the molecule is Cc1ccccc1NC(=O)CSc1nnc(N/N=C/c2ccccc2F)n1N. The molecular formula is C18H18FN7OS. The van der Waals surface area contributed by atoms with Crippen LogP contribution in [-0.4, -0.2) is 32.7 Å². The van der Waals surface area contributed by atoms with E-state index >= 15 is 0 Å². The average molecular weight is 399 g/mol. The minimum absolute atomic E-state index is 0.113. The minimum Gasteiger partial charge on any atom is -0.334 e. The fourth-order valence-corrected chi connectivity index (χ4v) is 2.88. The maximum Gasteiger partial charge on any atom is 0.264 e. The lowest BCUT2D eigenvalue weighted by atomic mass is 10.2. The Hall–Kier alpha value is -3.40. The Morgan fingerprint density at radius 2 is 2.00 bits per heavy atom. The molecule has 0 aliphatic heterocycles. The molecule has 3 aromatic rings. The van der Waals surface area contributed by atoms with Gasteiger partial charge >= 0.3 is 0 Å². The van der Waals surface area contributed by atoms with Crippen LogP contribution < -0.4 is 16.6 Å². The third-order valence-corrected chi connectivity index (χ3v) is 4.63. The second-order valence-electron chi connectivity index (χ2n) is 5.72. The molecule has 10 heteroatoms. The third-order valence-electron chi connectivity index (χ3n) is 3.69. The quantitative estimate of drug-likeness (QED) is 0.244. The molecule has 1 heterocycles. The Bertz CT molecular complexity index is 1010. The van der Waals surface area contributed by atoms with Crippen LogP contribution in [0.3, 0.4) is 0 Å². The van der Waals surface area contributed by atoms with Crippen LogP contribution in [-0.2, 0) is 4.79 Å². The van der Waals surface area contributed by atoms with E-state index in [4.69, 9.17) is 5.84 Å². The van der Waals surface area contributed by atoms with Crippen molar-refractivity contribution in [2.45, 2.75) is 12.1 Å². The zero-order valence-electron chi connectivity index (χ0n) is 15.0. The average Bonchev–Trinajstić information content (AvgIpc) is 3.03. The molecule has 144 valence electrons. The summed E-state index contributed by atoms with van der Waals surface area (Å²) in [5, 5.41) is 14.8. The summed E-state index contributed by atoms with van der Waals surface area (Å²) in [4.78, 5) is 12.1. The van der Waals surface area contributed by atoms with Crippen molar-refractivity contribution >= 4 is 35.5 Å². The van der Waals surface area contributed by atoms with Gasteiger partial charge in [-0.1, -0.05) is 48.2 Å². The van der Waals surface area contributed by atoms with Crippen molar-refractivity contribution in [3.8, 4) is 0 Å². The van der Waals surface area contributed by atoms with E-state index in [1.54, 1.807) is 18.2 Å². The first kappa shape index (κ1) is 19.4. The molecule has 3 rings (SSSR count). The second kappa shape index (κ2) is 9.00. The number of nitrogens with one attached hydrogen (secondary N) is 2. The second-order valence-corrected chi connectivity index (χ2v) is 6.66. The molecule has 1 amide bonds. The monoisotopic (exact) mass is 399 g/mol. The van der Waals surface area contributed by atoms with Gasteiger partial charge in [-0.05, 0) is 24.6 Å². The Balaban J connectivity index is 1.55. The Kier molecular flexibility index (Phi) is 6.22. The molecule has 0 aliphatic carbocycles.